The van der Waals surface area contributed by atoms with Crippen molar-refractivity contribution in [2.45, 2.75) is 96.8 Å². The van der Waals surface area contributed by atoms with Crippen LogP contribution in [0.2, 0.25) is 0 Å². The van der Waals surface area contributed by atoms with Gasteiger partial charge in [0.15, 0.2) is 0 Å². The van der Waals surface area contributed by atoms with Crippen molar-refractivity contribution < 1.29 is 19.8 Å². The van der Waals surface area contributed by atoms with Crippen molar-refractivity contribution in [3.8, 4) is 0 Å². The summed E-state index contributed by atoms with van der Waals surface area (Å²) in [5, 5.41) is 28.5. The maximum absolute atomic E-state index is 13.0. The highest BCUT2D eigenvalue weighted by molar-refractivity contribution is 5.84. The van der Waals surface area contributed by atoms with Gasteiger partial charge in [-0.2, -0.15) is 0 Å². The van der Waals surface area contributed by atoms with E-state index in [0.717, 1.165) is 29.3 Å². The summed E-state index contributed by atoms with van der Waals surface area (Å²) in [5.41, 5.74) is 2.16. The zero-order valence-corrected chi connectivity index (χ0v) is 22.1. The molecule has 0 saturated heterocycles. The Morgan fingerprint density at radius 1 is 1.08 bits per heavy atom. The molecule has 36 heavy (non-hydrogen) atoms. The normalized spacial score (nSPS) is 18.1. The zero-order chi connectivity index (χ0) is 26.1. The van der Waals surface area contributed by atoms with Crippen LogP contribution in [0.25, 0.3) is 10.9 Å². The minimum Gasteiger partial charge on any atom is -0.390 e. The Kier molecular flexibility index (Phi) is 10.8. The summed E-state index contributed by atoms with van der Waals surface area (Å²) in [6, 6.07) is 7.53. The van der Waals surface area contributed by atoms with Gasteiger partial charge in [-0.1, -0.05) is 71.1 Å². The van der Waals surface area contributed by atoms with Gasteiger partial charge in [-0.05, 0) is 42.7 Å². The average molecular weight is 500 g/mol. The van der Waals surface area contributed by atoms with E-state index in [2.05, 4.69) is 15.6 Å². The SMILES string of the molecule is CC(C)C[C@H](O)[C@H](O)[C@@H](CC1CCCCC1)NC(=O)[C@@H](C)CNC(=O)CCc1c[nH]c2ccccc12. The predicted octanol–water partition coefficient (Wildman–Crippen LogP) is 4.08. The van der Waals surface area contributed by atoms with E-state index in [1.807, 2.05) is 44.3 Å². The van der Waals surface area contributed by atoms with Gasteiger partial charge in [0.05, 0.1) is 18.1 Å². The first-order valence-electron chi connectivity index (χ1n) is 13.7. The summed E-state index contributed by atoms with van der Waals surface area (Å²) in [5.74, 6) is -0.0384. The lowest BCUT2D eigenvalue weighted by Crippen LogP contribution is -2.52. The molecule has 200 valence electrons. The number of aromatic nitrogens is 1. The number of aryl methyl sites for hydroxylation is 1. The highest BCUT2D eigenvalue weighted by Crippen LogP contribution is 2.29. The van der Waals surface area contributed by atoms with Crippen LogP contribution in [0.4, 0.5) is 0 Å². The van der Waals surface area contributed by atoms with Crippen LogP contribution in [0.1, 0.15) is 77.7 Å². The monoisotopic (exact) mass is 499 g/mol. The van der Waals surface area contributed by atoms with E-state index in [-0.39, 0.29) is 24.3 Å². The molecule has 0 aliphatic heterocycles. The number of para-hydroxylation sites is 1. The summed E-state index contributed by atoms with van der Waals surface area (Å²) in [7, 11) is 0. The van der Waals surface area contributed by atoms with Gasteiger partial charge in [-0.15, -0.1) is 0 Å². The number of hydrogen-bond donors (Lipinski definition) is 5. The number of nitrogens with one attached hydrogen (secondary N) is 3. The van der Waals surface area contributed by atoms with Crippen LogP contribution in [-0.2, 0) is 16.0 Å². The molecule has 0 spiro atoms. The van der Waals surface area contributed by atoms with Gasteiger partial charge >= 0.3 is 0 Å². The lowest BCUT2D eigenvalue weighted by Gasteiger charge is -2.33. The molecular weight excluding hydrogens is 454 g/mol. The summed E-state index contributed by atoms with van der Waals surface area (Å²) >= 11 is 0. The number of H-pyrrole nitrogens is 1. The molecular formula is C29H45N3O4. The summed E-state index contributed by atoms with van der Waals surface area (Å²) < 4.78 is 0. The molecule has 0 unspecified atom stereocenters. The van der Waals surface area contributed by atoms with E-state index in [1.165, 1.54) is 19.3 Å². The van der Waals surface area contributed by atoms with Crippen LogP contribution < -0.4 is 10.6 Å². The fraction of sp³-hybridized carbons (Fsp3) is 0.655. The maximum Gasteiger partial charge on any atom is 0.224 e. The molecule has 1 aliphatic rings. The van der Waals surface area contributed by atoms with E-state index >= 15 is 0 Å². The second-order valence-electron chi connectivity index (χ2n) is 11.1. The molecule has 2 amide bonds. The van der Waals surface area contributed by atoms with Gasteiger partial charge in [0.2, 0.25) is 11.8 Å². The number of hydrogen-bond acceptors (Lipinski definition) is 4. The number of amides is 2. The van der Waals surface area contributed by atoms with Crippen molar-refractivity contribution in [3.05, 3.63) is 36.0 Å². The number of aliphatic hydroxyl groups excluding tert-OH is 2. The van der Waals surface area contributed by atoms with Crippen LogP contribution in [0.15, 0.2) is 30.5 Å². The van der Waals surface area contributed by atoms with Crippen molar-refractivity contribution in [1.29, 1.82) is 0 Å². The average Bonchev–Trinajstić information content (AvgIpc) is 3.28. The van der Waals surface area contributed by atoms with Crippen LogP contribution in [-0.4, -0.2) is 51.8 Å². The third-order valence-electron chi connectivity index (χ3n) is 7.51. The zero-order valence-electron chi connectivity index (χ0n) is 22.1. The second-order valence-corrected chi connectivity index (χ2v) is 11.1. The van der Waals surface area contributed by atoms with Crippen molar-refractivity contribution in [3.63, 3.8) is 0 Å². The molecule has 7 heteroatoms. The maximum atomic E-state index is 13.0. The largest absolute Gasteiger partial charge is 0.390 e. The smallest absolute Gasteiger partial charge is 0.224 e. The van der Waals surface area contributed by atoms with E-state index in [4.69, 9.17) is 0 Å². The summed E-state index contributed by atoms with van der Waals surface area (Å²) in [6.45, 7) is 6.03. The van der Waals surface area contributed by atoms with Gasteiger partial charge in [0.25, 0.3) is 0 Å². The van der Waals surface area contributed by atoms with Crippen molar-refractivity contribution in [2.75, 3.05) is 6.54 Å². The number of carbonyl (C=O) groups excluding carboxylic acids is 2. The molecule has 0 bridgehead atoms. The molecule has 1 aromatic heterocycles. The number of benzene rings is 1. The Labute approximate surface area is 215 Å². The molecule has 1 fully saturated rings. The Morgan fingerprint density at radius 3 is 2.53 bits per heavy atom. The fourth-order valence-corrected chi connectivity index (χ4v) is 5.32. The van der Waals surface area contributed by atoms with Crippen molar-refractivity contribution in [2.24, 2.45) is 17.8 Å². The van der Waals surface area contributed by atoms with E-state index < -0.39 is 24.2 Å². The first-order valence-corrected chi connectivity index (χ1v) is 13.7. The quantitative estimate of drug-likeness (QED) is 0.286. The Bertz CT molecular complexity index is 966. The van der Waals surface area contributed by atoms with Gasteiger partial charge in [-0.25, -0.2) is 0 Å². The minimum absolute atomic E-state index is 0.0916. The highest BCUT2D eigenvalue weighted by atomic mass is 16.3. The standard InChI is InChI=1S/C29H45N3O4/c1-19(2)15-26(33)28(35)25(16-21-9-5-4-6-10-21)32-29(36)20(3)17-31-27(34)14-13-22-18-30-24-12-8-7-11-23(22)24/h7-8,11-12,18-21,25-26,28,30,33,35H,4-6,9-10,13-17H2,1-3H3,(H,31,34)(H,32,36)/t20-,25+,26-,28+/m0/s1. The van der Waals surface area contributed by atoms with Crippen LogP contribution in [0.3, 0.4) is 0 Å². The van der Waals surface area contributed by atoms with E-state index in [1.54, 1.807) is 6.92 Å². The molecule has 1 aromatic carbocycles. The van der Waals surface area contributed by atoms with Crippen molar-refractivity contribution >= 4 is 22.7 Å². The molecule has 1 aliphatic carbocycles. The van der Waals surface area contributed by atoms with Gasteiger partial charge < -0.3 is 25.8 Å². The third-order valence-corrected chi connectivity index (χ3v) is 7.51. The Morgan fingerprint density at radius 2 is 1.81 bits per heavy atom. The summed E-state index contributed by atoms with van der Waals surface area (Å²) in [4.78, 5) is 28.7. The number of carbonyl (C=O) groups is 2. The van der Waals surface area contributed by atoms with Gasteiger partial charge in [0, 0.05) is 30.1 Å². The van der Waals surface area contributed by atoms with Gasteiger partial charge in [-0.3, -0.25) is 9.59 Å². The van der Waals surface area contributed by atoms with Crippen molar-refractivity contribution in [1.82, 2.24) is 15.6 Å². The molecule has 3 rings (SSSR count). The second kappa shape index (κ2) is 13.8. The molecule has 5 N–H and O–H groups in total. The molecule has 1 heterocycles. The van der Waals surface area contributed by atoms with Crippen LogP contribution in [0, 0.1) is 17.8 Å². The fourth-order valence-electron chi connectivity index (χ4n) is 5.32. The molecule has 1 saturated carbocycles. The summed E-state index contributed by atoms with van der Waals surface area (Å²) in [6.07, 6.45) is 7.99. The first kappa shape index (κ1) is 28.2. The van der Waals surface area contributed by atoms with E-state index in [0.29, 0.717) is 31.6 Å². The predicted molar refractivity (Wildman–Crippen MR) is 143 cm³/mol. The topological polar surface area (TPSA) is 114 Å². The highest BCUT2D eigenvalue weighted by Gasteiger charge is 2.32. The van der Waals surface area contributed by atoms with Crippen LogP contribution >= 0.6 is 0 Å². The Balaban J connectivity index is 1.49. The number of aromatic amines is 1. The molecule has 2 aromatic rings. The number of aliphatic hydroxyl groups is 2. The van der Waals surface area contributed by atoms with Gasteiger partial charge in [0.1, 0.15) is 6.10 Å². The molecule has 0 radical (unpaired) electrons. The molecule has 7 nitrogen and oxygen atoms in total. The number of rotatable bonds is 13. The van der Waals surface area contributed by atoms with E-state index in [9.17, 15) is 19.8 Å². The number of fused-ring (bicyclic) bond motifs is 1. The third kappa shape index (κ3) is 8.34. The lowest BCUT2D eigenvalue weighted by molar-refractivity contribution is -0.127. The lowest BCUT2D eigenvalue weighted by atomic mass is 9.82. The first-order chi connectivity index (χ1) is 17.2. The van der Waals surface area contributed by atoms with Crippen LogP contribution in [0.5, 0.6) is 0 Å². The molecule has 4 atom stereocenters. The Hall–Kier alpha value is -2.38. The minimum atomic E-state index is -1.00.